The Morgan fingerprint density at radius 1 is 1.00 bits per heavy atom. The highest BCUT2D eigenvalue weighted by atomic mass is 127. The van der Waals surface area contributed by atoms with Crippen molar-refractivity contribution in [2.75, 3.05) is 31.9 Å². The summed E-state index contributed by atoms with van der Waals surface area (Å²) in [5, 5.41) is 9.26. The second-order valence-electron chi connectivity index (χ2n) is 13.4. The minimum atomic E-state index is -1.20. The van der Waals surface area contributed by atoms with E-state index >= 15 is 4.39 Å². The van der Waals surface area contributed by atoms with E-state index in [9.17, 15) is 0 Å². The average Bonchev–Trinajstić information content (AvgIpc) is 3.19. The summed E-state index contributed by atoms with van der Waals surface area (Å²) in [5.74, 6) is 0.958. The molecular formula is C30H48FIN4O3Si2. The van der Waals surface area contributed by atoms with Crippen LogP contribution in [0.2, 0.25) is 51.4 Å². The van der Waals surface area contributed by atoms with Gasteiger partial charge in [-0.3, -0.25) is 0 Å². The second-order valence-corrected chi connectivity index (χ2v) is 25.7. The number of nitrogens with zero attached hydrogens (tertiary/aromatic N) is 3. The summed E-state index contributed by atoms with van der Waals surface area (Å²) < 4.78 is 35.5. The standard InChI is InChI=1S/C30H48FIN4O3Si2/c1-10-22-15-27(39-20-38-12-14-41(7,8)9)24(31)16-23(22)25-17-26-28(30(34-25)33-18-21(2)3)29(32)35-36(26)19-37-11-13-40(4,5)6/h15-17,21H,10-14,18-20H2,1-9H3,(H,33,34). The molecule has 1 aromatic carbocycles. The van der Waals surface area contributed by atoms with Gasteiger partial charge in [-0.25, -0.2) is 14.1 Å². The zero-order valence-corrected chi connectivity index (χ0v) is 30.4. The second kappa shape index (κ2) is 14.8. The Bertz CT molecular complexity index is 1310. The van der Waals surface area contributed by atoms with E-state index in [1.54, 1.807) is 6.07 Å². The van der Waals surface area contributed by atoms with E-state index in [1.807, 2.05) is 10.7 Å². The lowest BCUT2D eigenvalue weighted by atomic mass is 10.0. The van der Waals surface area contributed by atoms with Gasteiger partial charge in [0.15, 0.2) is 18.4 Å². The molecule has 0 saturated heterocycles. The molecule has 3 aromatic rings. The molecule has 0 aliphatic carbocycles. The van der Waals surface area contributed by atoms with Crippen LogP contribution in [0.15, 0.2) is 18.2 Å². The molecule has 11 heteroatoms. The summed E-state index contributed by atoms with van der Waals surface area (Å²) in [7, 11) is -2.39. The molecule has 0 bridgehead atoms. The van der Waals surface area contributed by atoms with E-state index in [0.717, 1.165) is 50.2 Å². The van der Waals surface area contributed by atoms with Gasteiger partial charge in [-0.1, -0.05) is 60.1 Å². The molecule has 0 atom stereocenters. The van der Waals surface area contributed by atoms with Crippen molar-refractivity contribution in [2.24, 2.45) is 5.92 Å². The van der Waals surface area contributed by atoms with Crippen LogP contribution in [0.4, 0.5) is 10.2 Å². The summed E-state index contributed by atoms with van der Waals surface area (Å²) in [5.41, 5.74) is 3.31. The number of halogens is 2. The van der Waals surface area contributed by atoms with Gasteiger partial charge in [0, 0.05) is 41.5 Å². The first-order valence-electron chi connectivity index (χ1n) is 14.6. The quantitative estimate of drug-likeness (QED) is 0.0695. The fourth-order valence-electron chi connectivity index (χ4n) is 4.12. The van der Waals surface area contributed by atoms with Gasteiger partial charge in [0.25, 0.3) is 0 Å². The maximum absolute atomic E-state index is 15.4. The predicted molar refractivity (Wildman–Crippen MR) is 182 cm³/mol. The molecule has 0 spiro atoms. The average molecular weight is 715 g/mol. The van der Waals surface area contributed by atoms with E-state index in [0.29, 0.717) is 38.0 Å². The van der Waals surface area contributed by atoms with Gasteiger partial charge in [0.1, 0.15) is 16.2 Å². The van der Waals surface area contributed by atoms with Crippen molar-refractivity contribution in [2.45, 2.75) is 85.3 Å². The normalized spacial score (nSPS) is 12.5. The molecule has 0 aliphatic rings. The van der Waals surface area contributed by atoms with Crippen LogP contribution in [0.5, 0.6) is 5.75 Å². The van der Waals surface area contributed by atoms with Crippen LogP contribution in [-0.2, 0) is 22.6 Å². The van der Waals surface area contributed by atoms with E-state index in [-0.39, 0.29) is 12.5 Å². The van der Waals surface area contributed by atoms with Crippen molar-refractivity contribution >= 4 is 55.5 Å². The molecule has 2 aromatic heterocycles. The van der Waals surface area contributed by atoms with Gasteiger partial charge < -0.3 is 19.5 Å². The Morgan fingerprint density at radius 3 is 2.27 bits per heavy atom. The van der Waals surface area contributed by atoms with Crippen LogP contribution in [0.25, 0.3) is 22.2 Å². The molecule has 0 fully saturated rings. The van der Waals surface area contributed by atoms with Gasteiger partial charge in [0.05, 0.1) is 16.6 Å². The predicted octanol–water partition coefficient (Wildman–Crippen LogP) is 8.48. The van der Waals surface area contributed by atoms with Gasteiger partial charge in [-0.2, -0.15) is 5.10 Å². The molecule has 0 aliphatic heterocycles. The topological polar surface area (TPSA) is 70.4 Å². The Labute approximate surface area is 261 Å². The lowest BCUT2D eigenvalue weighted by Crippen LogP contribution is -2.22. The van der Waals surface area contributed by atoms with Crippen molar-refractivity contribution < 1.29 is 18.6 Å². The first-order chi connectivity index (χ1) is 19.2. The molecule has 0 amide bonds. The van der Waals surface area contributed by atoms with Gasteiger partial charge in [0.2, 0.25) is 0 Å². The number of rotatable bonds is 16. The summed E-state index contributed by atoms with van der Waals surface area (Å²) >= 11 is 2.26. The largest absolute Gasteiger partial charge is 0.464 e. The Balaban J connectivity index is 1.94. The number of fused-ring (bicyclic) bond motifs is 1. The zero-order valence-electron chi connectivity index (χ0n) is 26.3. The summed E-state index contributed by atoms with van der Waals surface area (Å²) in [4.78, 5) is 5.00. The third kappa shape index (κ3) is 10.3. The number of nitrogens with one attached hydrogen (secondary N) is 1. The van der Waals surface area contributed by atoms with Crippen LogP contribution in [-0.4, -0.2) is 57.5 Å². The van der Waals surface area contributed by atoms with Gasteiger partial charge >= 0.3 is 0 Å². The molecule has 0 saturated carbocycles. The number of ether oxygens (including phenoxy) is 3. The Morgan fingerprint density at radius 2 is 1.66 bits per heavy atom. The third-order valence-electron chi connectivity index (χ3n) is 6.69. The van der Waals surface area contributed by atoms with Crippen molar-refractivity contribution in [3.63, 3.8) is 0 Å². The monoisotopic (exact) mass is 714 g/mol. The highest BCUT2D eigenvalue weighted by molar-refractivity contribution is 14.1. The third-order valence-corrected chi connectivity index (χ3v) is 10.9. The van der Waals surface area contributed by atoms with Crippen LogP contribution in [0, 0.1) is 15.4 Å². The van der Waals surface area contributed by atoms with Crippen LogP contribution in [0.1, 0.15) is 26.3 Å². The van der Waals surface area contributed by atoms with Gasteiger partial charge in [-0.15, -0.1) is 0 Å². The fraction of sp³-hybridized carbons (Fsp3) is 0.600. The maximum Gasteiger partial charge on any atom is 0.189 e. The fourth-order valence-corrected chi connectivity index (χ4v) is 6.43. The molecule has 0 radical (unpaired) electrons. The summed E-state index contributed by atoms with van der Waals surface area (Å²) in [6, 6.07) is 7.44. The number of hydrogen-bond acceptors (Lipinski definition) is 6. The van der Waals surface area contributed by atoms with Crippen LogP contribution < -0.4 is 10.1 Å². The van der Waals surface area contributed by atoms with Crippen molar-refractivity contribution in [1.29, 1.82) is 0 Å². The summed E-state index contributed by atoms with van der Waals surface area (Å²) in [6.45, 7) is 22.8. The molecule has 3 rings (SSSR count). The molecular weight excluding hydrogens is 666 g/mol. The summed E-state index contributed by atoms with van der Waals surface area (Å²) in [6.07, 6.45) is 0.702. The van der Waals surface area contributed by atoms with E-state index in [1.165, 1.54) is 6.07 Å². The molecule has 0 unspecified atom stereocenters. The number of aryl methyl sites for hydroxylation is 1. The van der Waals surface area contributed by atoms with E-state index in [4.69, 9.17) is 24.3 Å². The smallest absolute Gasteiger partial charge is 0.189 e. The molecule has 1 N–H and O–H groups in total. The van der Waals surface area contributed by atoms with E-state index < -0.39 is 22.0 Å². The molecule has 228 valence electrons. The first-order valence-corrected chi connectivity index (χ1v) is 23.1. The number of benzene rings is 1. The number of aromatic nitrogens is 3. The van der Waals surface area contributed by atoms with Crippen molar-refractivity contribution in [1.82, 2.24) is 14.8 Å². The SMILES string of the molecule is CCc1cc(OCOCC[Si](C)(C)C)c(F)cc1-c1cc2c(c(I)nn2COCC[Si](C)(C)C)c(NCC(C)C)n1. The maximum atomic E-state index is 15.4. The molecule has 41 heavy (non-hydrogen) atoms. The van der Waals surface area contributed by atoms with Crippen molar-refractivity contribution in [3.05, 3.63) is 33.3 Å². The molecule has 7 nitrogen and oxygen atoms in total. The van der Waals surface area contributed by atoms with Crippen molar-refractivity contribution in [3.8, 4) is 17.0 Å². The highest BCUT2D eigenvalue weighted by Gasteiger charge is 2.20. The van der Waals surface area contributed by atoms with Gasteiger partial charge in [-0.05, 0) is 70.8 Å². The van der Waals surface area contributed by atoms with Crippen LogP contribution in [0.3, 0.4) is 0 Å². The highest BCUT2D eigenvalue weighted by Crippen LogP contribution is 2.35. The Kier molecular flexibility index (Phi) is 12.2. The molecule has 2 heterocycles. The minimum absolute atomic E-state index is 0.0344. The number of anilines is 1. The number of pyridine rings is 1. The minimum Gasteiger partial charge on any atom is -0.464 e. The number of hydrogen-bond donors (Lipinski definition) is 1. The Hall–Kier alpha value is -1.55. The lowest BCUT2D eigenvalue weighted by Gasteiger charge is -2.17. The first kappa shape index (κ1) is 33.9. The zero-order chi connectivity index (χ0) is 30.4. The van der Waals surface area contributed by atoms with Crippen LogP contribution >= 0.6 is 22.6 Å². The lowest BCUT2D eigenvalue weighted by molar-refractivity contribution is 0.0197. The van der Waals surface area contributed by atoms with E-state index in [2.05, 4.69) is 88.0 Å².